The lowest BCUT2D eigenvalue weighted by atomic mass is 10.2. The highest BCUT2D eigenvalue weighted by molar-refractivity contribution is 5.72. The molecule has 0 unspecified atom stereocenters. The molecule has 0 bridgehead atoms. The van der Waals surface area contributed by atoms with Crippen LogP contribution in [0.1, 0.15) is 34.6 Å². The Kier molecular flexibility index (Phi) is 11.3. The minimum atomic E-state index is -0.273. The van der Waals surface area contributed by atoms with Gasteiger partial charge in [0.25, 0.3) is 0 Å². The lowest BCUT2D eigenvalue weighted by Gasteiger charge is -1.95. The summed E-state index contributed by atoms with van der Waals surface area (Å²) >= 11 is 0. The molecule has 0 radical (unpaired) electrons. The van der Waals surface area contributed by atoms with E-state index in [0.717, 1.165) is 5.57 Å². The average molecular weight is 301 g/mol. The monoisotopic (exact) mass is 301 g/mol. The minimum Gasteiger partial charge on any atom is -0.464 e. The van der Waals surface area contributed by atoms with Crippen LogP contribution >= 0.6 is 0 Å². The molecule has 0 aliphatic heterocycles. The molecular weight excluding hydrogens is 274 g/mol. The van der Waals surface area contributed by atoms with Gasteiger partial charge in [-0.05, 0) is 39.3 Å². The first-order valence-corrected chi connectivity index (χ1v) is 7.38. The second-order valence-electron chi connectivity index (χ2n) is 5.18. The van der Waals surface area contributed by atoms with Crippen LogP contribution < -0.4 is 0 Å². The molecule has 0 amide bonds. The smallest absolute Gasteiger partial charge is 0.302 e. The van der Waals surface area contributed by atoms with Crippen molar-refractivity contribution < 1.29 is 9.53 Å². The Morgan fingerprint density at radius 1 is 0.909 bits per heavy atom. The molecule has 0 N–H and O–H groups in total. The summed E-state index contributed by atoms with van der Waals surface area (Å²) in [5.74, 6) is -0.273. The Balaban J connectivity index is 4.22. The van der Waals surface area contributed by atoms with Crippen molar-refractivity contribution in [3.8, 4) is 0 Å². The van der Waals surface area contributed by atoms with Crippen molar-refractivity contribution in [2.75, 3.05) is 13.2 Å². The largest absolute Gasteiger partial charge is 0.464 e. The van der Waals surface area contributed by atoms with Gasteiger partial charge in [0.15, 0.2) is 0 Å². The Labute approximate surface area is 134 Å². The van der Waals surface area contributed by atoms with Crippen molar-refractivity contribution in [2.24, 2.45) is 4.99 Å². The third kappa shape index (κ3) is 14.3. The van der Waals surface area contributed by atoms with Gasteiger partial charge in [-0.25, -0.2) is 0 Å². The number of allylic oxidation sites excluding steroid dienone is 10. The fraction of sp³-hybridized carbons (Fsp3) is 0.368. The highest BCUT2D eigenvalue weighted by Crippen LogP contribution is 2.00. The van der Waals surface area contributed by atoms with E-state index < -0.39 is 0 Å². The fourth-order valence-electron chi connectivity index (χ4n) is 1.34. The maximum atomic E-state index is 10.5. The predicted octanol–water partition coefficient (Wildman–Crippen LogP) is 4.59. The van der Waals surface area contributed by atoms with Gasteiger partial charge in [-0.15, -0.1) is 0 Å². The first-order chi connectivity index (χ1) is 10.4. The van der Waals surface area contributed by atoms with Crippen LogP contribution in [0.2, 0.25) is 0 Å². The summed E-state index contributed by atoms with van der Waals surface area (Å²) in [7, 11) is 0. The standard InChI is InChI=1S/C19H27NO2/c1-16(2)8-6-9-17(3)10-7-11-18(4)12-13-20-14-15-22-19(5)21/h6-13H,14-15H2,1-5H3. The number of carbonyl (C=O) groups is 1. The zero-order valence-corrected chi connectivity index (χ0v) is 14.3. The van der Waals surface area contributed by atoms with E-state index in [2.05, 4.69) is 44.0 Å². The lowest BCUT2D eigenvalue weighted by Crippen LogP contribution is -2.02. The summed E-state index contributed by atoms with van der Waals surface area (Å²) in [6, 6.07) is 0. The van der Waals surface area contributed by atoms with Crippen LogP contribution in [0, 0.1) is 0 Å². The Morgan fingerprint density at radius 3 is 2.09 bits per heavy atom. The molecule has 0 aromatic heterocycles. The van der Waals surface area contributed by atoms with Crippen LogP contribution in [0.25, 0.3) is 0 Å². The summed E-state index contributed by atoms with van der Waals surface area (Å²) in [6.45, 7) is 10.4. The van der Waals surface area contributed by atoms with Crippen LogP contribution in [-0.4, -0.2) is 25.3 Å². The van der Waals surface area contributed by atoms with Crippen LogP contribution in [0.15, 0.2) is 64.2 Å². The van der Waals surface area contributed by atoms with Crippen molar-refractivity contribution in [3.63, 3.8) is 0 Å². The maximum absolute atomic E-state index is 10.5. The van der Waals surface area contributed by atoms with Crippen LogP contribution in [-0.2, 0) is 9.53 Å². The first-order valence-electron chi connectivity index (χ1n) is 7.38. The van der Waals surface area contributed by atoms with E-state index in [1.165, 1.54) is 18.1 Å². The number of ether oxygens (including phenoxy) is 1. The van der Waals surface area contributed by atoms with Gasteiger partial charge < -0.3 is 4.74 Å². The third-order valence-corrected chi connectivity index (χ3v) is 2.48. The SMILES string of the molecule is CC(=O)OCCN=CC=C(C)C=CC=C(C)C=CC=C(C)C. The van der Waals surface area contributed by atoms with E-state index in [-0.39, 0.29) is 5.97 Å². The molecule has 0 aromatic rings. The van der Waals surface area contributed by atoms with Crippen molar-refractivity contribution in [1.29, 1.82) is 0 Å². The summed E-state index contributed by atoms with van der Waals surface area (Å²) in [5, 5.41) is 0. The predicted molar refractivity (Wildman–Crippen MR) is 95.2 cm³/mol. The molecule has 120 valence electrons. The van der Waals surface area contributed by atoms with E-state index in [9.17, 15) is 4.79 Å². The highest BCUT2D eigenvalue weighted by Gasteiger charge is 1.88. The Morgan fingerprint density at radius 2 is 1.50 bits per heavy atom. The van der Waals surface area contributed by atoms with Crippen LogP contribution in [0.5, 0.6) is 0 Å². The summed E-state index contributed by atoms with van der Waals surface area (Å²) in [6.07, 6.45) is 16.0. The molecule has 0 aliphatic carbocycles. The number of esters is 1. The average Bonchev–Trinajstić information content (AvgIpc) is 2.42. The number of hydrogen-bond donors (Lipinski definition) is 0. The van der Waals surface area contributed by atoms with Gasteiger partial charge in [-0.2, -0.15) is 0 Å². The van der Waals surface area contributed by atoms with Crippen molar-refractivity contribution in [3.05, 3.63) is 59.3 Å². The number of carbonyl (C=O) groups excluding carboxylic acids is 1. The number of rotatable bonds is 8. The number of aliphatic imine (C=N–C) groups is 1. The van der Waals surface area contributed by atoms with E-state index >= 15 is 0 Å². The van der Waals surface area contributed by atoms with Gasteiger partial charge in [-0.1, -0.05) is 47.6 Å². The van der Waals surface area contributed by atoms with Gasteiger partial charge in [0, 0.05) is 13.1 Å². The molecule has 0 fully saturated rings. The van der Waals surface area contributed by atoms with Gasteiger partial charge in [-0.3, -0.25) is 9.79 Å². The normalized spacial score (nSPS) is 13.3. The van der Waals surface area contributed by atoms with Crippen molar-refractivity contribution in [2.45, 2.75) is 34.6 Å². The minimum absolute atomic E-state index is 0.273. The zero-order chi connectivity index (χ0) is 16.8. The van der Waals surface area contributed by atoms with Crippen molar-refractivity contribution in [1.82, 2.24) is 0 Å². The first kappa shape index (κ1) is 19.8. The highest BCUT2D eigenvalue weighted by atomic mass is 16.5. The molecule has 0 heterocycles. The molecule has 22 heavy (non-hydrogen) atoms. The van der Waals surface area contributed by atoms with Gasteiger partial charge in [0.1, 0.15) is 6.61 Å². The second-order valence-corrected chi connectivity index (χ2v) is 5.18. The van der Waals surface area contributed by atoms with Crippen LogP contribution in [0.3, 0.4) is 0 Å². The topological polar surface area (TPSA) is 38.7 Å². The number of hydrogen-bond acceptors (Lipinski definition) is 3. The molecule has 0 saturated carbocycles. The van der Waals surface area contributed by atoms with Crippen LogP contribution in [0.4, 0.5) is 0 Å². The molecule has 3 heteroatoms. The van der Waals surface area contributed by atoms with E-state index in [0.29, 0.717) is 13.2 Å². The molecular formula is C19H27NO2. The van der Waals surface area contributed by atoms with Gasteiger partial charge in [0.2, 0.25) is 0 Å². The molecule has 0 rings (SSSR count). The summed E-state index contributed by atoms with van der Waals surface area (Å²) in [4.78, 5) is 14.7. The van der Waals surface area contributed by atoms with Gasteiger partial charge >= 0.3 is 5.97 Å². The van der Waals surface area contributed by atoms with E-state index in [4.69, 9.17) is 4.74 Å². The maximum Gasteiger partial charge on any atom is 0.302 e. The second kappa shape index (κ2) is 12.6. The van der Waals surface area contributed by atoms with Crippen molar-refractivity contribution >= 4 is 12.2 Å². The van der Waals surface area contributed by atoms with Gasteiger partial charge in [0.05, 0.1) is 6.54 Å². The number of nitrogens with zero attached hydrogens (tertiary/aromatic N) is 1. The lowest BCUT2D eigenvalue weighted by molar-refractivity contribution is -0.140. The molecule has 3 nitrogen and oxygen atoms in total. The zero-order valence-electron chi connectivity index (χ0n) is 14.3. The van der Waals surface area contributed by atoms with E-state index in [1.807, 2.05) is 31.2 Å². The molecule has 0 saturated heterocycles. The third-order valence-electron chi connectivity index (χ3n) is 2.48. The quantitative estimate of drug-likeness (QED) is 0.284. The molecule has 0 spiro atoms. The summed E-state index contributed by atoms with van der Waals surface area (Å²) in [5.41, 5.74) is 3.58. The fourth-order valence-corrected chi connectivity index (χ4v) is 1.34. The molecule has 0 atom stereocenters. The van der Waals surface area contributed by atoms with E-state index in [1.54, 1.807) is 6.21 Å². The molecule has 0 aliphatic rings. The Hall–Kier alpha value is -2.16. The summed E-state index contributed by atoms with van der Waals surface area (Å²) < 4.78 is 4.78. The Bertz CT molecular complexity index is 514. The molecule has 0 aromatic carbocycles.